The van der Waals surface area contributed by atoms with E-state index in [1.54, 1.807) is 35.0 Å². The molecular weight excluding hydrogens is 391 g/mol. The second-order valence-electron chi connectivity index (χ2n) is 6.48. The Morgan fingerprint density at radius 1 is 1.27 bits per heavy atom. The average molecular weight is 408 g/mol. The Bertz CT molecular complexity index is 1170. The topological polar surface area (TPSA) is 119 Å². The Balaban J connectivity index is 1.71. The minimum atomic E-state index is -1.18. The van der Waals surface area contributed by atoms with Crippen LogP contribution in [0.3, 0.4) is 0 Å². The number of aliphatic hydroxyl groups excluding tert-OH is 1. The second-order valence-corrected chi connectivity index (χ2v) is 6.48. The fourth-order valence-electron chi connectivity index (χ4n) is 2.77. The van der Waals surface area contributed by atoms with Crippen LogP contribution in [0.2, 0.25) is 0 Å². The molecule has 4 aromatic rings. The fraction of sp³-hybridized carbons (Fsp3) is 0.150. The van der Waals surface area contributed by atoms with E-state index in [4.69, 9.17) is 4.52 Å². The Hall–Kier alpha value is -3.92. The summed E-state index contributed by atoms with van der Waals surface area (Å²) >= 11 is 0. The van der Waals surface area contributed by atoms with E-state index in [0.717, 1.165) is 0 Å². The van der Waals surface area contributed by atoms with Crippen LogP contribution in [0.25, 0.3) is 22.9 Å². The quantitative estimate of drug-likeness (QED) is 0.503. The molecule has 0 saturated carbocycles. The Labute approximate surface area is 170 Å². The van der Waals surface area contributed by atoms with Crippen LogP contribution in [0.1, 0.15) is 12.5 Å². The summed E-state index contributed by atoms with van der Waals surface area (Å²) in [6.07, 6.45) is 1.71. The number of carbonyl (C=O) groups is 1. The second kappa shape index (κ2) is 8.21. The van der Waals surface area contributed by atoms with Crippen molar-refractivity contribution in [2.45, 2.75) is 19.6 Å². The smallest absolute Gasteiger partial charge is 0.254 e. The number of aromatic nitrogens is 5. The number of nitrogens with one attached hydrogen (secondary N) is 1. The molecule has 4 rings (SSSR count). The van der Waals surface area contributed by atoms with E-state index in [9.17, 15) is 14.3 Å². The molecule has 0 aliphatic carbocycles. The zero-order valence-electron chi connectivity index (χ0n) is 15.9. The monoisotopic (exact) mass is 408 g/mol. The maximum Gasteiger partial charge on any atom is 0.254 e. The molecule has 1 atom stereocenters. The molecule has 0 bridgehead atoms. The van der Waals surface area contributed by atoms with Crippen molar-refractivity contribution in [3.63, 3.8) is 0 Å². The predicted molar refractivity (Wildman–Crippen MR) is 105 cm³/mol. The van der Waals surface area contributed by atoms with Gasteiger partial charge in [0.15, 0.2) is 5.82 Å². The normalized spacial score (nSPS) is 12.0. The summed E-state index contributed by atoms with van der Waals surface area (Å²) in [5.74, 6) is -0.472. The van der Waals surface area contributed by atoms with Crippen molar-refractivity contribution in [1.82, 2.24) is 24.9 Å². The SMILES string of the molecule is C[C@H](O)C(=O)Nc1ccnc(-c2cc(-c3ccon3)n(Cc3ccccc3F)n2)n1. The van der Waals surface area contributed by atoms with E-state index >= 15 is 0 Å². The zero-order chi connectivity index (χ0) is 21.1. The molecule has 0 fully saturated rings. The first-order valence-electron chi connectivity index (χ1n) is 9.05. The van der Waals surface area contributed by atoms with Crippen molar-refractivity contribution in [2.75, 3.05) is 5.32 Å². The molecule has 10 heteroatoms. The minimum Gasteiger partial charge on any atom is -0.384 e. The van der Waals surface area contributed by atoms with Crippen molar-refractivity contribution in [2.24, 2.45) is 0 Å². The van der Waals surface area contributed by atoms with Gasteiger partial charge in [-0.2, -0.15) is 5.10 Å². The lowest BCUT2D eigenvalue weighted by Gasteiger charge is -2.07. The summed E-state index contributed by atoms with van der Waals surface area (Å²) in [7, 11) is 0. The van der Waals surface area contributed by atoms with Crippen LogP contribution >= 0.6 is 0 Å². The molecule has 0 radical (unpaired) electrons. The van der Waals surface area contributed by atoms with Crippen LogP contribution in [0.15, 0.2) is 59.4 Å². The van der Waals surface area contributed by atoms with Gasteiger partial charge < -0.3 is 14.9 Å². The number of benzene rings is 1. The van der Waals surface area contributed by atoms with Gasteiger partial charge in [0.05, 0.1) is 12.2 Å². The molecule has 0 saturated heterocycles. The van der Waals surface area contributed by atoms with Crippen molar-refractivity contribution in [1.29, 1.82) is 0 Å². The van der Waals surface area contributed by atoms with E-state index in [1.165, 1.54) is 31.5 Å². The molecule has 3 heterocycles. The zero-order valence-corrected chi connectivity index (χ0v) is 15.9. The van der Waals surface area contributed by atoms with Crippen LogP contribution in [-0.2, 0) is 11.3 Å². The maximum atomic E-state index is 14.2. The number of anilines is 1. The highest BCUT2D eigenvalue weighted by Crippen LogP contribution is 2.25. The van der Waals surface area contributed by atoms with Crippen molar-refractivity contribution in [3.05, 3.63) is 66.3 Å². The molecule has 0 spiro atoms. The first-order chi connectivity index (χ1) is 14.5. The van der Waals surface area contributed by atoms with Gasteiger partial charge in [-0.25, -0.2) is 14.4 Å². The molecular formula is C20H17FN6O3. The Morgan fingerprint density at radius 3 is 2.83 bits per heavy atom. The van der Waals surface area contributed by atoms with Crippen molar-refractivity contribution in [3.8, 4) is 22.9 Å². The number of nitrogens with zero attached hydrogens (tertiary/aromatic N) is 5. The number of rotatable bonds is 6. The lowest BCUT2D eigenvalue weighted by Crippen LogP contribution is -2.25. The van der Waals surface area contributed by atoms with Crippen LogP contribution < -0.4 is 5.32 Å². The number of amides is 1. The first kappa shape index (κ1) is 19.4. The van der Waals surface area contributed by atoms with Gasteiger partial charge in [-0.3, -0.25) is 9.48 Å². The first-order valence-corrected chi connectivity index (χ1v) is 9.05. The molecule has 0 aliphatic rings. The van der Waals surface area contributed by atoms with Crippen molar-refractivity contribution < 1.29 is 18.8 Å². The summed E-state index contributed by atoms with van der Waals surface area (Å²) in [5, 5.41) is 20.3. The van der Waals surface area contributed by atoms with Gasteiger partial charge in [0.2, 0.25) is 0 Å². The predicted octanol–water partition coefficient (Wildman–Crippen LogP) is 2.50. The molecule has 0 aliphatic heterocycles. The van der Waals surface area contributed by atoms with E-state index < -0.39 is 12.0 Å². The lowest BCUT2D eigenvalue weighted by molar-refractivity contribution is -0.123. The maximum absolute atomic E-state index is 14.2. The Kier molecular flexibility index (Phi) is 5.31. The average Bonchev–Trinajstić information content (AvgIpc) is 3.40. The van der Waals surface area contributed by atoms with Gasteiger partial charge in [0, 0.05) is 17.8 Å². The molecule has 1 aromatic carbocycles. The molecule has 9 nitrogen and oxygen atoms in total. The summed E-state index contributed by atoms with van der Waals surface area (Å²) in [6.45, 7) is 1.51. The van der Waals surface area contributed by atoms with Crippen LogP contribution in [0, 0.1) is 5.82 Å². The summed E-state index contributed by atoms with van der Waals surface area (Å²) in [6, 6.07) is 11.3. The summed E-state index contributed by atoms with van der Waals surface area (Å²) in [4.78, 5) is 20.2. The number of hydrogen-bond donors (Lipinski definition) is 2. The van der Waals surface area contributed by atoms with E-state index in [-0.39, 0.29) is 24.0 Å². The summed E-state index contributed by atoms with van der Waals surface area (Å²) < 4.78 is 20.7. The van der Waals surface area contributed by atoms with E-state index in [1.807, 2.05) is 0 Å². The van der Waals surface area contributed by atoms with Gasteiger partial charge in [-0.15, -0.1) is 0 Å². The lowest BCUT2D eigenvalue weighted by atomic mass is 10.2. The number of halogens is 1. The summed E-state index contributed by atoms with van der Waals surface area (Å²) in [5.41, 5.74) is 1.96. The minimum absolute atomic E-state index is 0.160. The molecule has 152 valence electrons. The highest BCUT2D eigenvalue weighted by molar-refractivity contribution is 5.92. The largest absolute Gasteiger partial charge is 0.384 e. The molecule has 0 unspecified atom stereocenters. The third-order valence-corrected chi connectivity index (χ3v) is 4.27. The Morgan fingerprint density at radius 2 is 2.10 bits per heavy atom. The van der Waals surface area contributed by atoms with Gasteiger partial charge in [-0.1, -0.05) is 23.4 Å². The van der Waals surface area contributed by atoms with Gasteiger partial charge in [0.1, 0.15) is 35.4 Å². The van der Waals surface area contributed by atoms with Crippen LogP contribution in [0.5, 0.6) is 0 Å². The molecule has 2 N–H and O–H groups in total. The molecule has 30 heavy (non-hydrogen) atoms. The molecule has 3 aromatic heterocycles. The molecule has 1 amide bonds. The van der Waals surface area contributed by atoms with Gasteiger partial charge >= 0.3 is 0 Å². The standard InChI is InChI=1S/C20H17FN6O3/c1-12(28)20(29)24-18-6-8-22-19(23-18)16-10-17(15-7-9-30-26-15)27(25-16)11-13-4-2-3-5-14(13)21/h2-10,12,28H,11H2,1H3,(H,22,23,24,29)/t12-/m0/s1. The third kappa shape index (κ3) is 4.08. The highest BCUT2D eigenvalue weighted by Gasteiger charge is 2.17. The number of aliphatic hydroxyl groups is 1. The fourth-order valence-corrected chi connectivity index (χ4v) is 2.77. The van der Waals surface area contributed by atoms with E-state index in [0.29, 0.717) is 22.6 Å². The van der Waals surface area contributed by atoms with Crippen LogP contribution in [-0.4, -0.2) is 42.0 Å². The van der Waals surface area contributed by atoms with Gasteiger partial charge in [0.25, 0.3) is 5.91 Å². The van der Waals surface area contributed by atoms with Crippen LogP contribution in [0.4, 0.5) is 10.2 Å². The number of carbonyl (C=O) groups excluding carboxylic acids is 1. The third-order valence-electron chi connectivity index (χ3n) is 4.27. The van der Waals surface area contributed by atoms with E-state index in [2.05, 4.69) is 25.5 Å². The highest BCUT2D eigenvalue weighted by atomic mass is 19.1. The number of hydrogen-bond acceptors (Lipinski definition) is 7. The van der Waals surface area contributed by atoms with Crippen molar-refractivity contribution >= 4 is 11.7 Å². The van der Waals surface area contributed by atoms with Gasteiger partial charge in [-0.05, 0) is 25.1 Å².